The third-order valence-electron chi connectivity index (χ3n) is 2.46. The average molecular weight is 253 g/mol. The number of benzene rings is 1. The second kappa shape index (κ2) is 9.33. The van der Waals surface area contributed by atoms with E-state index in [9.17, 15) is 9.90 Å². The van der Waals surface area contributed by atoms with Gasteiger partial charge in [0.15, 0.2) is 0 Å². The van der Waals surface area contributed by atoms with Gasteiger partial charge in [0.2, 0.25) is 0 Å². The van der Waals surface area contributed by atoms with E-state index in [-0.39, 0.29) is 6.09 Å². The van der Waals surface area contributed by atoms with Crippen LogP contribution in [0.15, 0.2) is 18.2 Å². The van der Waals surface area contributed by atoms with Crippen LogP contribution in [-0.2, 0) is 17.6 Å². The van der Waals surface area contributed by atoms with Crippen LogP contribution in [0.4, 0.5) is 4.79 Å². The van der Waals surface area contributed by atoms with Crippen LogP contribution in [-0.4, -0.2) is 24.9 Å². The predicted molar refractivity (Wildman–Crippen MR) is 72.9 cm³/mol. The Morgan fingerprint density at radius 1 is 1.28 bits per heavy atom. The van der Waals surface area contributed by atoms with Crippen LogP contribution in [0, 0.1) is 0 Å². The molecular formula is C14H23NO3. The highest BCUT2D eigenvalue weighted by Crippen LogP contribution is 2.21. The molecular weight excluding hydrogens is 230 g/mol. The third-order valence-corrected chi connectivity index (χ3v) is 2.46. The highest BCUT2D eigenvalue weighted by Gasteiger charge is 2.02. The van der Waals surface area contributed by atoms with E-state index in [1.54, 1.807) is 13.0 Å². The molecule has 0 aliphatic heterocycles. The molecule has 0 saturated heterocycles. The zero-order valence-corrected chi connectivity index (χ0v) is 11.6. The lowest BCUT2D eigenvalue weighted by Gasteiger charge is -2.06. The number of aromatic hydroxyl groups is 1. The van der Waals surface area contributed by atoms with Crippen molar-refractivity contribution in [2.75, 3.05) is 13.7 Å². The minimum Gasteiger partial charge on any atom is -0.508 e. The molecule has 0 fully saturated rings. The maximum absolute atomic E-state index is 10.1. The molecule has 0 radical (unpaired) electrons. The number of amides is 1. The molecule has 18 heavy (non-hydrogen) atoms. The van der Waals surface area contributed by atoms with Crippen molar-refractivity contribution in [3.05, 3.63) is 29.3 Å². The van der Waals surface area contributed by atoms with Crippen molar-refractivity contribution in [3.8, 4) is 5.75 Å². The Kier molecular flexibility index (Phi) is 8.45. The van der Waals surface area contributed by atoms with Crippen molar-refractivity contribution in [3.63, 3.8) is 0 Å². The highest BCUT2D eigenvalue weighted by atomic mass is 16.5. The number of alkyl carbamates (subject to hydrolysis) is 1. The predicted octanol–water partition coefficient (Wildman–Crippen LogP) is 2.88. The Balaban J connectivity index is 0.000000360. The normalized spacial score (nSPS) is 9.11. The van der Waals surface area contributed by atoms with Gasteiger partial charge in [-0.25, -0.2) is 4.79 Å². The first-order chi connectivity index (χ1) is 8.60. The molecule has 1 rings (SSSR count). The fourth-order valence-electron chi connectivity index (χ4n) is 1.56. The van der Waals surface area contributed by atoms with E-state index in [4.69, 9.17) is 0 Å². The van der Waals surface area contributed by atoms with Crippen LogP contribution in [0.3, 0.4) is 0 Å². The van der Waals surface area contributed by atoms with Crippen molar-refractivity contribution in [1.82, 2.24) is 5.32 Å². The Bertz CT molecular complexity index is 364. The summed E-state index contributed by atoms with van der Waals surface area (Å²) in [6, 6.07) is 5.71. The molecule has 0 bridgehead atoms. The van der Waals surface area contributed by atoms with Crippen LogP contribution >= 0.6 is 0 Å². The van der Waals surface area contributed by atoms with Crippen molar-refractivity contribution < 1.29 is 14.6 Å². The number of phenols is 1. The monoisotopic (exact) mass is 253 g/mol. The fraction of sp³-hybridized carbons (Fsp3) is 0.500. The van der Waals surface area contributed by atoms with Crippen molar-refractivity contribution in [1.29, 1.82) is 0 Å². The summed E-state index contributed by atoms with van der Waals surface area (Å²) >= 11 is 0. The molecule has 4 heteroatoms. The molecule has 4 nitrogen and oxygen atoms in total. The lowest BCUT2D eigenvalue weighted by atomic mass is 10.0. The van der Waals surface area contributed by atoms with Gasteiger partial charge in [-0.3, -0.25) is 0 Å². The van der Waals surface area contributed by atoms with E-state index in [1.165, 1.54) is 12.6 Å². The van der Waals surface area contributed by atoms with Crippen molar-refractivity contribution in [2.24, 2.45) is 0 Å². The minimum absolute atomic E-state index is 0.373. The van der Waals surface area contributed by atoms with Gasteiger partial charge in [0.25, 0.3) is 0 Å². The first-order valence-corrected chi connectivity index (χ1v) is 6.24. The number of rotatable bonds is 3. The largest absolute Gasteiger partial charge is 0.508 e. The van der Waals surface area contributed by atoms with Gasteiger partial charge < -0.3 is 15.2 Å². The number of phenolic OH excluding ortho intramolecular Hbond substituents is 1. The zero-order chi connectivity index (χ0) is 14.0. The number of hydrogen-bond donors (Lipinski definition) is 2. The van der Waals surface area contributed by atoms with E-state index in [0.29, 0.717) is 12.4 Å². The van der Waals surface area contributed by atoms with Gasteiger partial charge in [-0.1, -0.05) is 26.0 Å². The molecule has 2 N–H and O–H groups in total. The minimum atomic E-state index is -0.373. The summed E-state index contributed by atoms with van der Waals surface area (Å²) < 4.78 is 4.44. The second-order valence-corrected chi connectivity index (χ2v) is 3.59. The second-order valence-electron chi connectivity index (χ2n) is 3.59. The lowest BCUT2D eigenvalue weighted by Crippen LogP contribution is -2.18. The molecule has 0 saturated carbocycles. The number of nitrogens with one attached hydrogen (secondary N) is 1. The molecule has 0 unspecified atom stereocenters. The lowest BCUT2D eigenvalue weighted by molar-refractivity contribution is 0.154. The fourth-order valence-corrected chi connectivity index (χ4v) is 1.56. The van der Waals surface area contributed by atoms with Crippen LogP contribution < -0.4 is 5.32 Å². The first-order valence-electron chi connectivity index (χ1n) is 6.24. The van der Waals surface area contributed by atoms with Crippen LogP contribution in [0.25, 0.3) is 0 Å². The maximum atomic E-state index is 10.1. The topological polar surface area (TPSA) is 58.6 Å². The summed E-state index contributed by atoms with van der Waals surface area (Å²) in [6.45, 7) is 6.36. The quantitative estimate of drug-likeness (QED) is 0.870. The van der Waals surface area contributed by atoms with Gasteiger partial charge in [-0.15, -0.1) is 0 Å². The molecule has 0 atom stereocenters. The molecule has 1 aromatic carbocycles. The molecule has 0 aliphatic carbocycles. The zero-order valence-electron chi connectivity index (χ0n) is 11.6. The van der Waals surface area contributed by atoms with Gasteiger partial charge in [0.05, 0.1) is 6.61 Å². The van der Waals surface area contributed by atoms with Crippen molar-refractivity contribution in [2.45, 2.75) is 33.6 Å². The van der Waals surface area contributed by atoms with Crippen molar-refractivity contribution >= 4 is 6.09 Å². The van der Waals surface area contributed by atoms with Crippen LogP contribution in [0.2, 0.25) is 0 Å². The molecule has 0 aromatic heterocycles. The van der Waals surface area contributed by atoms with Gasteiger partial charge in [0, 0.05) is 7.05 Å². The van der Waals surface area contributed by atoms with Crippen LogP contribution in [0.1, 0.15) is 31.9 Å². The maximum Gasteiger partial charge on any atom is 0.406 e. The number of ether oxygens (including phenoxy) is 1. The first kappa shape index (κ1) is 16.3. The van der Waals surface area contributed by atoms with Gasteiger partial charge in [0.1, 0.15) is 5.75 Å². The summed E-state index contributed by atoms with van der Waals surface area (Å²) in [4.78, 5) is 10.1. The molecule has 0 heterocycles. The van der Waals surface area contributed by atoms with Crippen LogP contribution in [0.5, 0.6) is 5.75 Å². The third kappa shape index (κ3) is 5.57. The summed E-state index contributed by atoms with van der Waals surface area (Å²) in [7, 11) is 1.53. The van der Waals surface area contributed by atoms with E-state index in [1.807, 2.05) is 6.07 Å². The summed E-state index contributed by atoms with van der Waals surface area (Å²) in [5.74, 6) is 0.437. The molecule has 0 aliphatic rings. The van der Waals surface area contributed by atoms with E-state index >= 15 is 0 Å². The number of carbonyl (C=O) groups is 1. The van der Waals surface area contributed by atoms with E-state index < -0.39 is 0 Å². The molecule has 1 amide bonds. The molecule has 1 aromatic rings. The number of carbonyl (C=O) groups excluding carboxylic acids is 1. The van der Waals surface area contributed by atoms with Gasteiger partial charge >= 0.3 is 6.09 Å². The molecule has 0 spiro atoms. The Hall–Kier alpha value is -1.71. The number of aryl methyl sites for hydroxylation is 1. The average Bonchev–Trinajstić information content (AvgIpc) is 2.39. The number of hydrogen-bond acceptors (Lipinski definition) is 3. The standard InChI is InChI=1S/C10H14O.C4H9NO2/c1-3-8-6-5-7-10(11)9(8)4-2;1-3-7-4(6)5-2/h5-7,11H,3-4H2,1-2H3;3H2,1-2H3,(H,5,6). The van der Waals surface area contributed by atoms with Gasteiger partial charge in [-0.2, -0.15) is 0 Å². The molecule has 102 valence electrons. The van der Waals surface area contributed by atoms with E-state index in [2.05, 4.69) is 30.0 Å². The summed E-state index contributed by atoms with van der Waals surface area (Å²) in [6.07, 6.45) is 1.54. The Labute approximate surface area is 109 Å². The Morgan fingerprint density at radius 3 is 2.28 bits per heavy atom. The van der Waals surface area contributed by atoms with Gasteiger partial charge in [-0.05, 0) is 37.0 Å². The Morgan fingerprint density at radius 2 is 1.94 bits per heavy atom. The SMILES string of the molecule is CCOC(=O)NC.CCc1cccc(O)c1CC. The van der Waals surface area contributed by atoms with E-state index in [0.717, 1.165) is 18.4 Å². The summed E-state index contributed by atoms with van der Waals surface area (Å²) in [5, 5.41) is 11.7. The smallest absolute Gasteiger partial charge is 0.406 e. The summed E-state index contributed by atoms with van der Waals surface area (Å²) in [5.41, 5.74) is 2.35. The highest BCUT2D eigenvalue weighted by molar-refractivity contribution is 5.66.